The number of hydrogen-bond donors (Lipinski definition) is 2. The van der Waals surface area contributed by atoms with Gasteiger partial charge < -0.3 is 15.2 Å². The highest BCUT2D eigenvalue weighted by Gasteiger charge is 2.12. The Morgan fingerprint density at radius 3 is 2.52 bits per heavy atom. The number of rotatable bonds is 8. The molecule has 140 valence electrons. The number of aromatic nitrogens is 2. The summed E-state index contributed by atoms with van der Waals surface area (Å²) in [4.78, 5) is 28.8. The molecule has 0 aliphatic heterocycles. The molecule has 2 amide bonds. The molecule has 0 atom stereocenters. The molecule has 2 aromatic carbocycles. The molecule has 2 N–H and O–H groups in total. The number of benzene rings is 2. The summed E-state index contributed by atoms with van der Waals surface area (Å²) in [6.07, 6.45) is 2.14. The topological polar surface area (TPSA) is 76.0 Å². The van der Waals surface area contributed by atoms with Crippen molar-refractivity contribution in [2.24, 2.45) is 0 Å². The van der Waals surface area contributed by atoms with Crippen LogP contribution in [0.5, 0.6) is 0 Å². The normalized spacial score (nSPS) is 10.7. The van der Waals surface area contributed by atoms with E-state index < -0.39 is 0 Å². The maximum absolute atomic E-state index is 12.1. The minimum atomic E-state index is -0.263. The number of para-hydroxylation sites is 2. The van der Waals surface area contributed by atoms with Crippen molar-refractivity contribution in [1.82, 2.24) is 20.2 Å². The molecule has 0 aliphatic rings. The van der Waals surface area contributed by atoms with Crippen molar-refractivity contribution in [3.8, 4) is 0 Å². The van der Waals surface area contributed by atoms with E-state index in [1.807, 2.05) is 30.3 Å². The minimum Gasteiger partial charge on any atom is -0.347 e. The standard InChI is InChI=1S/C21H24N4O2/c1-2-3-13-25-18-12-8-7-11-17(18)24-19(25)14-22-20(26)15-23-21(27)16-9-5-4-6-10-16/h4-12H,2-3,13-15H2,1H3,(H,22,26)(H,23,27). The molecule has 3 rings (SSSR count). The van der Waals surface area contributed by atoms with E-state index in [-0.39, 0.29) is 18.4 Å². The van der Waals surface area contributed by atoms with E-state index in [2.05, 4.69) is 27.1 Å². The molecule has 0 radical (unpaired) electrons. The average molecular weight is 364 g/mol. The summed E-state index contributed by atoms with van der Waals surface area (Å²) in [7, 11) is 0. The van der Waals surface area contributed by atoms with Crippen molar-refractivity contribution >= 4 is 22.8 Å². The Kier molecular flexibility index (Phi) is 6.20. The number of nitrogens with one attached hydrogen (secondary N) is 2. The number of aryl methyl sites for hydroxylation is 1. The number of fused-ring (bicyclic) bond motifs is 1. The lowest BCUT2D eigenvalue weighted by molar-refractivity contribution is -0.120. The van der Waals surface area contributed by atoms with Crippen LogP contribution in [0.25, 0.3) is 11.0 Å². The number of unbranched alkanes of at least 4 members (excludes halogenated alkanes) is 1. The van der Waals surface area contributed by atoms with Crippen molar-refractivity contribution in [3.05, 3.63) is 66.0 Å². The first-order chi connectivity index (χ1) is 13.2. The third-order valence-corrected chi connectivity index (χ3v) is 4.36. The Morgan fingerprint density at radius 2 is 1.74 bits per heavy atom. The lowest BCUT2D eigenvalue weighted by atomic mass is 10.2. The molecular formula is C21H24N4O2. The van der Waals surface area contributed by atoms with E-state index in [1.165, 1.54) is 0 Å². The van der Waals surface area contributed by atoms with Gasteiger partial charge in [-0.05, 0) is 30.7 Å². The van der Waals surface area contributed by atoms with E-state index in [0.717, 1.165) is 36.2 Å². The summed E-state index contributed by atoms with van der Waals surface area (Å²) in [5, 5.41) is 5.48. The first kappa shape index (κ1) is 18.6. The van der Waals surface area contributed by atoms with Gasteiger partial charge in [-0.2, -0.15) is 0 Å². The van der Waals surface area contributed by atoms with Gasteiger partial charge in [0.25, 0.3) is 5.91 Å². The molecule has 0 saturated carbocycles. The number of hydrogen-bond acceptors (Lipinski definition) is 3. The molecule has 0 unspecified atom stereocenters. The van der Waals surface area contributed by atoms with E-state index in [4.69, 9.17) is 0 Å². The van der Waals surface area contributed by atoms with Gasteiger partial charge in [0.15, 0.2) is 0 Å². The second-order valence-electron chi connectivity index (χ2n) is 6.35. The molecule has 6 heteroatoms. The molecule has 27 heavy (non-hydrogen) atoms. The Hall–Kier alpha value is -3.15. The van der Waals surface area contributed by atoms with Gasteiger partial charge in [-0.3, -0.25) is 9.59 Å². The smallest absolute Gasteiger partial charge is 0.251 e. The zero-order chi connectivity index (χ0) is 19.1. The average Bonchev–Trinajstić information content (AvgIpc) is 3.07. The largest absolute Gasteiger partial charge is 0.347 e. The predicted molar refractivity (Wildman–Crippen MR) is 105 cm³/mol. The van der Waals surface area contributed by atoms with Gasteiger partial charge in [0.1, 0.15) is 5.82 Å². The van der Waals surface area contributed by atoms with Crippen LogP contribution in [0.1, 0.15) is 35.9 Å². The summed E-state index contributed by atoms with van der Waals surface area (Å²) in [5.74, 6) is 0.321. The molecule has 0 aliphatic carbocycles. The maximum atomic E-state index is 12.1. The van der Waals surface area contributed by atoms with Gasteiger partial charge >= 0.3 is 0 Å². The third kappa shape index (κ3) is 4.73. The van der Waals surface area contributed by atoms with Crippen molar-refractivity contribution in [3.63, 3.8) is 0 Å². The SMILES string of the molecule is CCCCn1c(CNC(=O)CNC(=O)c2ccccc2)nc2ccccc21. The molecular weight excluding hydrogens is 340 g/mol. The Balaban J connectivity index is 1.59. The Morgan fingerprint density at radius 1 is 1.00 bits per heavy atom. The predicted octanol–water partition coefficient (Wildman–Crippen LogP) is 2.88. The fourth-order valence-corrected chi connectivity index (χ4v) is 2.92. The molecule has 3 aromatic rings. The first-order valence-electron chi connectivity index (χ1n) is 9.23. The highest BCUT2D eigenvalue weighted by Crippen LogP contribution is 2.17. The highest BCUT2D eigenvalue weighted by molar-refractivity contribution is 5.96. The third-order valence-electron chi connectivity index (χ3n) is 4.36. The molecule has 1 aromatic heterocycles. The molecule has 0 spiro atoms. The number of imidazole rings is 1. The van der Waals surface area contributed by atoms with Gasteiger partial charge in [0.2, 0.25) is 5.91 Å². The van der Waals surface area contributed by atoms with Gasteiger partial charge in [-0.15, -0.1) is 0 Å². The molecule has 0 bridgehead atoms. The number of nitrogens with zero attached hydrogens (tertiary/aromatic N) is 2. The fraction of sp³-hybridized carbons (Fsp3) is 0.286. The van der Waals surface area contributed by atoms with Gasteiger partial charge in [0, 0.05) is 12.1 Å². The van der Waals surface area contributed by atoms with Crippen molar-refractivity contribution < 1.29 is 9.59 Å². The summed E-state index contributed by atoms with van der Waals surface area (Å²) in [5.41, 5.74) is 2.54. The lowest BCUT2D eigenvalue weighted by Gasteiger charge is -2.10. The monoisotopic (exact) mass is 364 g/mol. The zero-order valence-corrected chi connectivity index (χ0v) is 15.4. The summed E-state index contributed by atoms with van der Waals surface area (Å²) >= 11 is 0. The quantitative estimate of drug-likeness (QED) is 0.645. The maximum Gasteiger partial charge on any atom is 0.251 e. The van der Waals surface area contributed by atoms with Crippen LogP contribution in [-0.2, 0) is 17.9 Å². The van der Waals surface area contributed by atoms with Crippen LogP contribution in [0.4, 0.5) is 0 Å². The van der Waals surface area contributed by atoms with Crippen LogP contribution in [-0.4, -0.2) is 27.9 Å². The first-order valence-corrected chi connectivity index (χ1v) is 9.23. The lowest BCUT2D eigenvalue weighted by Crippen LogP contribution is -2.37. The van der Waals surface area contributed by atoms with Crippen LogP contribution in [0.2, 0.25) is 0 Å². The molecule has 0 fully saturated rings. The van der Waals surface area contributed by atoms with Crippen LogP contribution < -0.4 is 10.6 Å². The van der Waals surface area contributed by atoms with E-state index >= 15 is 0 Å². The van der Waals surface area contributed by atoms with E-state index in [9.17, 15) is 9.59 Å². The number of carbonyl (C=O) groups excluding carboxylic acids is 2. The van der Waals surface area contributed by atoms with Crippen LogP contribution in [0.15, 0.2) is 54.6 Å². The summed E-state index contributed by atoms with van der Waals surface area (Å²) in [6, 6.07) is 16.8. The Labute approximate surface area is 158 Å². The van der Waals surface area contributed by atoms with Crippen LogP contribution >= 0.6 is 0 Å². The van der Waals surface area contributed by atoms with Crippen molar-refractivity contribution in [1.29, 1.82) is 0 Å². The Bertz CT molecular complexity index is 918. The second-order valence-corrected chi connectivity index (χ2v) is 6.35. The summed E-state index contributed by atoms with van der Waals surface area (Å²) in [6.45, 7) is 3.28. The molecule has 1 heterocycles. The molecule has 0 saturated heterocycles. The second kappa shape index (κ2) is 8.98. The van der Waals surface area contributed by atoms with E-state index in [1.54, 1.807) is 24.3 Å². The number of amides is 2. The van der Waals surface area contributed by atoms with Crippen LogP contribution in [0.3, 0.4) is 0 Å². The minimum absolute atomic E-state index is 0.0666. The zero-order valence-electron chi connectivity index (χ0n) is 15.4. The van der Waals surface area contributed by atoms with E-state index in [0.29, 0.717) is 12.1 Å². The fourth-order valence-electron chi connectivity index (χ4n) is 2.92. The highest BCUT2D eigenvalue weighted by atomic mass is 16.2. The number of carbonyl (C=O) groups is 2. The van der Waals surface area contributed by atoms with Gasteiger partial charge in [-0.25, -0.2) is 4.98 Å². The van der Waals surface area contributed by atoms with Crippen molar-refractivity contribution in [2.75, 3.05) is 6.54 Å². The molecule has 6 nitrogen and oxygen atoms in total. The van der Waals surface area contributed by atoms with Crippen LogP contribution in [0, 0.1) is 0 Å². The van der Waals surface area contributed by atoms with Gasteiger partial charge in [-0.1, -0.05) is 43.7 Å². The summed E-state index contributed by atoms with van der Waals surface area (Å²) < 4.78 is 2.15. The van der Waals surface area contributed by atoms with Crippen molar-refractivity contribution in [2.45, 2.75) is 32.9 Å². The van der Waals surface area contributed by atoms with Gasteiger partial charge in [0.05, 0.1) is 24.1 Å².